The highest BCUT2D eigenvalue weighted by atomic mass is 35.5. The molecule has 0 saturated carbocycles. The van der Waals surface area contributed by atoms with Crippen molar-refractivity contribution in [1.29, 1.82) is 0 Å². The Bertz CT molecular complexity index is 1330. The molecule has 172 valence electrons. The van der Waals surface area contributed by atoms with E-state index in [1.54, 1.807) is 0 Å². The first-order valence-corrected chi connectivity index (χ1v) is 11.0. The average Bonchev–Trinajstić information content (AvgIpc) is 2.74. The Morgan fingerprint density at radius 1 is 0.879 bits per heavy atom. The normalized spacial score (nSPS) is 11.7. The molecule has 0 aliphatic heterocycles. The lowest BCUT2D eigenvalue weighted by Crippen LogP contribution is -2.19. The van der Waals surface area contributed by atoms with Crippen LogP contribution in [0.2, 0.25) is 5.02 Å². The van der Waals surface area contributed by atoms with Gasteiger partial charge in [-0.15, -0.1) is 0 Å². The van der Waals surface area contributed by atoms with E-state index in [4.69, 9.17) is 16.7 Å². The molecule has 0 spiro atoms. The van der Waals surface area contributed by atoms with E-state index in [0.29, 0.717) is 0 Å². The highest BCUT2D eigenvalue weighted by molar-refractivity contribution is 7.89. The van der Waals surface area contributed by atoms with Gasteiger partial charge in [0, 0.05) is 16.3 Å². The maximum Gasteiger partial charge on any atom is 0.416 e. The van der Waals surface area contributed by atoms with Crippen molar-refractivity contribution in [3.8, 4) is 0 Å². The predicted molar refractivity (Wildman–Crippen MR) is 117 cm³/mol. The van der Waals surface area contributed by atoms with Crippen LogP contribution >= 0.6 is 11.6 Å². The molecule has 0 aliphatic rings. The molecule has 0 heterocycles. The number of nitrogens with one attached hydrogen (secondary N) is 2. The molecule has 3 rings (SSSR count). The first kappa shape index (κ1) is 24.2. The number of primary sulfonamides is 1. The van der Waals surface area contributed by atoms with E-state index >= 15 is 0 Å². The van der Waals surface area contributed by atoms with Gasteiger partial charge in [-0.2, -0.15) is 13.2 Å². The molecule has 12 heteroatoms. The molecular formula is C21H15ClF3N3O4S. The summed E-state index contributed by atoms with van der Waals surface area (Å²) in [5.41, 5.74) is -0.891. The lowest BCUT2D eigenvalue weighted by Gasteiger charge is -2.13. The monoisotopic (exact) mass is 497 g/mol. The summed E-state index contributed by atoms with van der Waals surface area (Å²) in [5.74, 6) is -1.48. The zero-order valence-electron chi connectivity index (χ0n) is 16.5. The molecule has 2 amide bonds. The number of hydrogen-bond donors (Lipinski definition) is 3. The minimum absolute atomic E-state index is 0.0319. The van der Waals surface area contributed by atoms with E-state index in [0.717, 1.165) is 30.3 Å². The third-order valence-corrected chi connectivity index (χ3v) is 5.52. The van der Waals surface area contributed by atoms with Gasteiger partial charge < -0.3 is 10.6 Å². The summed E-state index contributed by atoms with van der Waals surface area (Å²) in [7, 11) is -4.00. The molecule has 0 radical (unpaired) electrons. The van der Waals surface area contributed by atoms with Crippen LogP contribution in [-0.4, -0.2) is 20.2 Å². The summed E-state index contributed by atoms with van der Waals surface area (Å²) in [6.45, 7) is 0. The highest BCUT2D eigenvalue weighted by Gasteiger charge is 2.30. The van der Waals surface area contributed by atoms with Crippen LogP contribution in [0.5, 0.6) is 0 Å². The molecule has 33 heavy (non-hydrogen) atoms. The summed E-state index contributed by atoms with van der Waals surface area (Å²) < 4.78 is 61.2. The molecule has 0 unspecified atom stereocenters. The molecule has 0 atom stereocenters. The Morgan fingerprint density at radius 2 is 1.55 bits per heavy atom. The Labute approximate surface area is 191 Å². The van der Waals surface area contributed by atoms with Crippen LogP contribution in [-0.2, 0) is 16.2 Å². The standard InChI is InChI=1S/C21H15ClF3N3O4S/c22-14-8-9-18(28-19(29)12-4-6-13(7-5-12)21(23,24)25)17(10-14)20(30)27-15-2-1-3-16(11-15)33(26,31)32/h1-11H,(H,27,30)(H,28,29)(H2,26,31,32). The fourth-order valence-electron chi connectivity index (χ4n) is 2.77. The van der Waals surface area contributed by atoms with Gasteiger partial charge in [-0.1, -0.05) is 17.7 Å². The molecule has 0 aliphatic carbocycles. The third-order valence-electron chi connectivity index (χ3n) is 4.37. The van der Waals surface area contributed by atoms with E-state index < -0.39 is 33.6 Å². The van der Waals surface area contributed by atoms with Gasteiger partial charge in [0.25, 0.3) is 11.8 Å². The Kier molecular flexibility index (Phi) is 6.77. The van der Waals surface area contributed by atoms with Crippen LogP contribution in [0, 0.1) is 0 Å². The Balaban J connectivity index is 1.84. The summed E-state index contributed by atoms with van der Waals surface area (Å²) in [4.78, 5) is 25.1. The van der Waals surface area contributed by atoms with E-state index in [1.807, 2.05) is 0 Å². The summed E-state index contributed by atoms with van der Waals surface area (Å²) >= 11 is 5.97. The van der Waals surface area contributed by atoms with E-state index in [2.05, 4.69) is 10.6 Å². The number of sulfonamides is 1. The lowest BCUT2D eigenvalue weighted by atomic mass is 10.1. The van der Waals surface area contributed by atoms with Crippen LogP contribution in [0.1, 0.15) is 26.3 Å². The van der Waals surface area contributed by atoms with Gasteiger partial charge in [-0.3, -0.25) is 9.59 Å². The third kappa shape index (κ3) is 6.09. The Hall–Kier alpha value is -3.41. The van der Waals surface area contributed by atoms with Crippen molar-refractivity contribution in [3.05, 3.63) is 88.4 Å². The van der Waals surface area contributed by atoms with E-state index in [-0.39, 0.29) is 32.4 Å². The van der Waals surface area contributed by atoms with E-state index in [1.165, 1.54) is 36.4 Å². The van der Waals surface area contributed by atoms with Crippen molar-refractivity contribution in [2.24, 2.45) is 5.14 Å². The van der Waals surface area contributed by atoms with Gasteiger partial charge in [-0.25, -0.2) is 13.6 Å². The van der Waals surface area contributed by atoms with Crippen molar-refractivity contribution >= 4 is 44.8 Å². The second-order valence-electron chi connectivity index (χ2n) is 6.75. The van der Waals surface area contributed by atoms with Crippen LogP contribution in [0.15, 0.2) is 71.6 Å². The van der Waals surface area contributed by atoms with E-state index in [9.17, 15) is 31.2 Å². The van der Waals surface area contributed by atoms with Crippen LogP contribution < -0.4 is 15.8 Å². The minimum Gasteiger partial charge on any atom is -0.322 e. The number of carbonyl (C=O) groups is 2. The van der Waals surface area contributed by atoms with Crippen molar-refractivity contribution in [2.75, 3.05) is 10.6 Å². The minimum atomic E-state index is -4.54. The number of nitrogens with two attached hydrogens (primary N) is 1. The number of hydrogen-bond acceptors (Lipinski definition) is 4. The second-order valence-corrected chi connectivity index (χ2v) is 8.74. The molecule has 0 bridgehead atoms. The topological polar surface area (TPSA) is 118 Å². The number of benzene rings is 3. The highest BCUT2D eigenvalue weighted by Crippen LogP contribution is 2.29. The molecule has 3 aromatic rings. The summed E-state index contributed by atoms with van der Waals surface area (Å²) in [6.07, 6.45) is -4.54. The number of halogens is 4. The number of carbonyl (C=O) groups excluding carboxylic acids is 2. The fraction of sp³-hybridized carbons (Fsp3) is 0.0476. The number of amides is 2. The molecule has 0 fully saturated rings. The second kappa shape index (κ2) is 9.22. The first-order valence-electron chi connectivity index (χ1n) is 9.07. The summed E-state index contributed by atoms with van der Waals surface area (Å²) in [5, 5.41) is 10.2. The maximum absolute atomic E-state index is 12.8. The molecular weight excluding hydrogens is 483 g/mol. The van der Waals surface area contributed by atoms with Gasteiger partial charge >= 0.3 is 6.18 Å². The van der Waals surface area contributed by atoms with Gasteiger partial charge in [0.05, 0.1) is 21.7 Å². The maximum atomic E-state index is 12.8. The smallest absolute Gasteiger partial charge is 0.322 e. The molecule has 7 nitrogen and oxygen atoms in total. The zero-order chi connectivity index (χ0) is 24.4. The largest absolute Gasteiger partial charge is 0.416 e. The molecule has 3 aromatic carbocycles. The van der Waals surface area contributed by atoms with Gasteiger partial charge in [-0.05, 0) is 60.7 Å². The van der Waals surface area contributed by atoms with Crippen LogP contribution in [0.3, 0.4) is 0 Å². The van der Waals surface area contributed by atoms with Gasteiger partial charge in [0.2, 0.25) is 10.0 Å². The number of rotatable bonds is 5. The number of alkyl halides is 3. The Morgan fingerprint density at radius 3 is 2.15 bits per heavy atom. The van der Waals surface area contributed by atoms with Crippen molar-refractivity contribution in [1.82, 2.24) is 0 Å². The molecule has 0 aromatic heterocycles. The average molecular weight is 498 g/mol. The molecule has 0 saturated heterocycles. The fourth-order valence-corrected chi connectivity index (χ4v) is 3.50. The lowest BCUT2D eigenvalue weighted by molar-refractivity contribution is -0.137. The van der Waals surface area contributed by atoms with Crippen molar-refractivity contribution in [3.63, 3.8) is 0 Å². The van der Waals surface area contributed by atoms with Gasteiger partial charge in [0.15, 0.2) is 0 Å². The summed E-state index contributed by atoms with van der Waals surface area (Å²) in [6, 6.07) is 12.8. The van der Waals surface area contributed by atoms with Crippen LogP contribution in [0.25, 0.3) is 0 Å². The van der Waals surface area contributed by atoms with Crippen molar-refractivity contribution < 1.29 is 31.2 Å². The van der Waals surface area contributed by atoms with Gasteiger partial charge in [0.1, 0.15) is 0 Å². The molecule has 4 N–H and O–H groups in total. The number of anilines is 2. The quantitative estimate of drug-likeness (QED) is 0.480. The predicted octanol–water partition coefficient (Wildman–Crippen LogP) is 4.51. The zero-order valence-corrected chi connectivity index (χ0v) is 18.1. The van der Waals surface area contributed by atoms with Crippen molar-refractivity contribution in [2.45, 2.75) is 11.1 Å². The SMILES string of the molecule is NS(=O)(=O)c1cccc(NC(=O)c2cc(Cl)ccc2NC(=O)c2ccc(C(F)(F)F)cc2)c1. The van der Waals surface area contributed by atoms with Crippen LogP contribution in [0.4, 0.5) is 24.5 Å². The first-order chi connectivity index (χ1) is 15.3.